The minimum atomic E-state index is -0.244. The third-order valence-corrected chi connectivity index (χ3v) is 4.32. The number of halogens is 1. The molecule has 1 fully saturated rings. The first-order chi connectivity index (χ1) is 12.7. The number of aromatic nitrogens is 2. The Hall–Kier alpha value is -2.70. The number of carbonyl (C=O) groups excluding carboxylic acids is 1. The molecule has 6 nitrogen and oxygen atoms in total. The molecule has 1 N–H and O–H groups in total. The second kappa shape index (κ2) is 7.50. The van der Waals surface area contributed by atoms with E-state index in [0.717, 1.165) is 5.69 Å². The molecule has 0 radical (unpaired) electrons. The SMILES string of the molecule is Cc1nc(NC(C)(C)C)cc(C(=O)N2CCN(c3ccc(F)cc3)CC2)n1. The van der Waals surface area contributed by atoms with Gasteiger partial charge in [-0.3, -0.25) is 4.79 Å². The van der Waals surface area contributed by atoms with Crippen molar-refractivity contribution in [2.24, 2.45) is 0 Å². The minimum Gasteiger partial charge on any atom is -0.368 e. The average Bonchev–Trinajstić information content (AvgIpc) is 2.60. The normalized spacial score (nSPS) is 15.0. The van der Waals surface area contributed by atoms with E-state index in [4.69, 9.17) is 0 Å². The van der Waals surface area contributed by atoms with Crippen molar-refractivity contribution in [2.75, 3.05) is 36.4 Å². The molecule has 7 heteroatoms. The molecule has 1 aliphatic heterocycles. The van der Waals surface area contributed by atoms with E-state index in [0.29, 0.717) is 43.5 Å². The zero-order chi connectivity index (χ0) is 19.6. The lowest BCUT2D eigenvalue weighted by Gasteiger charge is -2.36. The summed E-state index contributed by atoms with van der Waals surface area (Å²) in [6, 6.07) is 8.17. The number of carbonyl (C=O) groups is 1. The second-order valence-corrected chi connectivity index (χ2v) is 7.82. The van der Waals surface area contributed by atoms with Crippen LogP contribution in [0.1, 0.15) is 37.1 Å². The van der Waals surface area contributed by atoms with Gasteiger partial charge in [0.05, 0.1) is 0 Å². The summed E-state index contributed by atoms with van der Waals surface area (Å²) in [5, 5.41) is 3.29. The summed E-state index contributed by atoms with van der Waals surface area (Å²) in [4.78, 5) is 25.6. The molecule has 0 unspecified atom stereocenters. The Morgan fingerprint density at radius 2 is 1.70 bits per heavy atom. The van der Waals surface area contributed by atoms with Crippen LogP contribution in [0.4, 0.5) is 15.9 Å². The summed E-state index contributed by atoms with van der Waals surface area (Å²) in [5.74, 6) is 0.892. The Kier molecular flexibility index (Phi) is 5.30. The van der Waals surface area contributed by atoms with E-state index in [2.05, 4.69) is 20.2 Å². The van der Waals surface area contributed by atoms with Gasteiger partial charge in [0.2, 0.25) is 0 Å². The van der Waals surface area contributed by atoms with Crippen molar-refractivity contribution in [3.8, 4) is 0 Å². The highest BCUT2D eigenvalue weighted by Crippen LogP contribution is 2.19. The van der Waals surface area contributed by atoms with Crippen LogP contribution in [0.5, 0.6) is 0 Å². The topological polar surface area (TPSA) is 61.4 Å². The maximum absolute atomic E-state index is 13.1. The Labute approximate surface area is 159 Å². The molecule has 1 aliphatic rings. The molecule has 27 heavy (non-hydrogen) atoms. The van der Waals surface area contributed by atoms with Gasteiger partial charge in [0.25, 0.3) is 5.91 Å². The van der Waals surface area contributed by atoms with Crippen LogP contribution in [0.15, 0.2) is 30.3 Å². The maximum atomic E-state index is 13.1. The van der Waals surface area contributed by atoms with Gasteiger partial charge in [-0.05, 0) is 52.0 Å². The summed E-state index contributed by atoms with van der Waals surface area (Å²) < 4.78 is 13.1. The second-order valence-electron chi connectivity index (χ2n) is 7.82. The molecule has 1 aromatic heterocycles. The lowest BCUT2D eigenvalue weighted by atomic mass is 10.1. The van der Waals surface area contributed by atoms with E-state index in [1.807, 2.05) is 25.7 Å². The van der Waals surface area contributed by atoms with Crippen LogP contribution in [0.2, 0.25) is 0 Å². The first-order valence-corrected chi connectivity index (χ1v) is 9.15. The smallest absolute Gasteiger partial charge is 0.272 e. The molecule has 2 heterocycles. The van der Waals surface area contributed by atoms with Crippen molar-refractivity contribution in [1.82, 2.24) is 14.9 Å². The van der Waals surface area contributed by atoms with Gasteiger partial charge in [-0.2, -0.15) is 0 Å². The van der Waals surface area contributed by atoms with Gasteiger partial charge in [0, 0.05) is 43.5 Å². The highest BCUT2D eigenvalue weighted by atomic mass is 19.1. The van der Waals surface area contributed by atoms with E-state index in [1.165, 1.54) is 12.1 Å². The zero-order valence-electron chi connectivity index (χ0n) is 16.3. The molecule has 3 rings (SSSR count). The predicted octanol–water partition coefficient (Wildman–Crippen LogP) is 3.10. The van der Waals surface area contributed by atoms with Crippen LogP contribution in [0.25, 0.3) is 0 Å². The third-order valence-electron chi connectivity index (χ3n) is 4.32. The number of hydrogen-bond donors (Lipinski definition) is 1. The van der Waals surface area contributed by atoms with E-state index in [9.17, 15) is 9.18 Å². The van der Waals surface area contributed by atoms with E-state index in [1.54, 1.807) is 25.1 Å². The molecule has 0 aliphatic carbocycles. The van der Waals surface area contributed by atoms with Gasteiger partial charge in [-0.25, -0.2) is 14.4 Å². The number of piperazine rings is 1. The summed E-state index contributed by atoms with van der Waals surface area (Å²) in [6.45, 7) is 10.5. The number of rotatable bonds is 3. The molecule has 1 amide bonds. The standard InChI is InChI=1S/C20H26FN5O/c1-14-22-17(13-18(23-14)24-20(2,3)4)19(27)26-11-9-25(10-12-26)16-7-5-15(21)6-8-16/h5-8,13H,9-12H2,1-4H3,(H,22,23,24). The molecule has 1 saturated heterocycles. The van der Waals surface area contributed by atoms with Crippen molar-refractivity contribution in [2.45, 2.75) is 33.2 Å². The summed E-state index contributed by atoms with van der Waals surface area (Å²) in [7, 11) is 0. The molecule has 0 spiro atoms. The van der Waals surface area contributed by atoms with E-state index in [-0.39, 0.29) is 17.3 Å². The number of nitrogens with one attached hydrogen (secondary N) is 1. The molecule has 2 aromatic rings. The predicted molar refractivity (Wildman–Crippen MR) is 105 cm³/mol. The fraction of sp³-hybridized carbons (Fsp3) is 0.450. The maximum Gasteiger partial charge on any atom is 0.272 e. The van der Waals surface area contributed by atoms with Crippen LogP contribution < -0.4 is 10.2 Å². The van der Waals surface area contributed by atoms with Crippen molar-refractivity contribution in [1.29, 1.82) is 0 Å². The first kappa shape index (κ1) is 19.1. The minimum absolute atomic E-state index is 0.0868. The van der Waals surface area contributed by atoms with Gasteiger partial charge >= 0.3 is 0 Å². The number of amides is 1. The Morgan fingerprint density at radius 1 is 1.07 bits per heavy atom. The van der Waals surface area contributed by atoms with Gasteiger partial charge in [0.15, 0.2) is 0 Å². The van der Waals surface area contributed by atoms with Gasteiger partial charge in [-0.15, -0.1) is 0 Å². The number of nitrogens with zero attached hydrogens (tertiary/aromatic N) is 4. The molecular formula is C20H26FN5O. The largest absolute Gasteiger partial charge is 0.368 e. The van der Waals surface area contributed by atoms with Crippen molar-refractivity contribution >= 4 is 17.4 Å². The van der Waals surface area contributed by atoms with Gasteiger partial charge in [0.1, 0.15) is 23.2 Å². The van der Waals surface area contributed by atoms with Crippen LogP contribution in [0.3, 0.4) is 0 Å². The van der Waals surface area contributed by atoms with Gasteiger partial charge in [-0.1, -0.05) is 0 Å². The highest BCUT2D eigenvalue weighted by Gasteiger charge is 2.24. The Morgan fingerprint density at radius 3 is 2.30 bits per heavy atom. The fourth-order valence-electron chi connectivity index (χ4n) is 3.11. The van der Waals surface area contributed by atoms with Crippen LogP contribution in [0, 0.1) is 12.7 Å². The zero-order valence-corrected chi connectivity index (χ0v) is 16.3. The highest BCUT2D eigenvalue weighted by molar-refractivity contribution is 5.93. The van der Waals surface area contributed by atoms with Crippen LogP contribution in [-0.4, -0.2) is 52.5 Å². The van der Waals surface area contributed by atoms with Crippen molar-refractivity contribution in [3.05, 3.63) is 47.7 Å². The first-order valence-electron chi connectivity index (χ1n) is 9.15. The van der Waals surface area contributed by atoms with Crippen molar-refractivity contribution in [3.63, 3.8) is 0 Å². The van der Waals surface area contributed by atoms with E-state index >= 15 is 0 Å². The number of anilines is 2. The van der Waals surface area contributed by atoms with Crippen molar-refractivity contribution < 1.29 is 9.18 Å². The quantitative estimate of drug-likeness (QED) is 0.898. The lowest BCUT2D eigenvalue weighted by molar-refractivity contribution is 0.0740. The van der Waals surface area contributed by atoms with Crippen LogP contribution >= 0.6 is 0 Å². The molecule has 0 atom stereocenters. The number of benzene rings is 1. The fourth-order valence-corrected chi connectivity index (χ4v) is 3.11. The number of aryl methyl sites for hydroxylation is 1. The average molecular weight is 371 g/mol. The molecular weight excluding hydrogens is 345 g/mol. The third kappa shape index (κ3) is 4.93. The Bertz CT molecular complexity index is 808. The molecule has 1 aromatic carbocycles. The molecule has 0 bridgehead atoms. The summed E-state index contributed by atoms with van der Waals surface area (Å²) >= 11 is 0. The summed E-state index contributed by atoms with van der Waals surface area (Å²) in [5.41, 5.74) is 1.23. The summed E-state index contributed by atoms with van der Waals surface area (Å²) in [6.07, 6.45) is 0. The monoisotopic (exact) mass is 371 g/mol. The molecule has 0 saturated carbocycles. The van der Waals surface area contributed by atoms with Crippen LogP contribution in [-0.2, 0) is 0 Å². The lowest BCUT2D eigenvalue weighted by Crippen LogP contribution is -2.49. The Balaban J connectivity index is 1.68. The molecule has 144 valence electrons. The van der Waals surface area contributed by atoms with E-state index < -0.39 is 0 Å². The number of hydrogen-bond acceptors (Lipinski definition) is 5. The van der Waals surface area contributed by atoms with Gasteiger partial charge < -0.3 is 15.1 Å².